The second-order valence-electron chi connectivity index (χ2n) is 6.28. The molecule has 0 radical (unpaired) electrons. The fraction of sp³-hybridized carbons (Fsp3) is 0.600. The number of rotatable bonds is 9. The van der Waals surface area contributed by atoms with Crippen molar-refractivity contribution in [2.24, 2.45) is 0 Å². The Morgan fingerprint density at radius 3 is 1.00 bits per heavy atom. The van der Waals surface area contributed by atoms with E-state index >= 15 is 0 Å². The minimum absolute atomic E-state index is 0.172. The summed E-state index contributed by atoms with van der Waals surface area (Å²) in [4.78, 5) is 86.9. The third-order valence-corrected chi connectivity index (χ3v) is 3.56. The largest absolute Gasteiger partial charge is 0.405 e. The molecule has 0 saturated carbocycles. The standard InChI is InChI=1S/C15H21N3O9S3/c1-7(28)4-10(19)25-16-13(22)17(26-11(20)5-8(2)29)15(24)18(14(16)23)27-12(21)6-9(3)30/h7-9,28-30H,4-6H2,1-3H3. The van der Waals surface area contributed by atoms with Crippen LogP contribution in [0.1, 0.15) is 40.0 Å². The third kappa shape index (κ3) is 7.60. The molecule has 0 N–H and O–H groups in total. The van der Waals surface area contributed by atoms with Crippen LogP contribution in [0, 0.1) is 0 Å². The summed E-state index contributed by atoms with van der Waals surface area (Å²) in [6.07, 6.45) is -0.911. The van der Waals surface area contributed by atoms with Gasteiger partial charge in [-0.3, -0.25) is 0 Å². The van der Waals surface area contributed by atoms with Gasteiger partial charge in [-0.05, 0) is 0 Å². The number of aromatic nitrogens is 3. The van der Waals surface area contributed by atoms with Gasteiger partial charge in [0.2, 0.25) is 0 Å². The monoisotopic (exact) mass is 483 g/mol. The Hall–Kier alpha value is -2.13. The average Bonchev–Trinajstić information content (AvgIpc) is 2.57. The summed E-state index contributed by atoms with van der Waals surface area (Å²) in [5.41, 5.74) is -4.79. The van der Waals surface area contributed by atoms with Crippen LogP contribution >= 0.6 is 37.9 Å². The zero-order chi connectivity index (χ0) is 23.2. The van der Waals surface area contributed by atoms with E-state index in [1.165, 1.54) is 0 Å². The summed E-state index contributed by atoms with van der Waals surface area (Å²) in [5, 5.41) is -1.44. The highest BCUT2D eigenvalue weighted by molar-refractivity contribution is 7.81. The molecule has 0 aromatic carbocycles. The Morgan fingerprint density at radius 1 is 0.633 bits per heavy atom. The summed E-state index contributed by atoms with van der Waals surface area (Å²) in [7, 11) is 0. The molecule has 30 heavy (non-hydrogen) atoms. The lowest BCUT2D eigenvalue weighted by Gasteiger charge is -2.13. The molecular weight excluding hydrogens is 462 g/mol. The smallest absolute Gasteiger partial charge is 0.327 e. The van der Waals surface area contributed by atoms with Crippen molar-refractivity contribution >= 4 is 55.8 Å². The number of hydrogen-bond acceptors (Lipinski definition) is 12. The Morgan fingerprint density at radius 2 is 0.833 bits per heavy atom. The molecule has 0 amide bonds. The summed E-state index contributed by atoms with van der Waals surface area (Å²) >= 11 is 12.0. The Balaban J connectivity index is 3.52. The van der Waals surface area contributed by atoms with E-state index in [-0.39, 0.29) is 33.5 Å². The SMILES string of the molecule is CC(S)CC(=O)On1c(=O)n(OC(=O)CC(C)S)c(=O)n(OC(=O)CC(C)S)c1=O. The van der Waals surface area contributed by atoms with Crippen LogP contribution in [-0.2, 0) is 14.4 Å². The van der Waals surface area contributed by atoms with E-state index in [9.17, 15) is 28.8 Å². The minimum atomic E-state index is -1.60. The van der Waals surface area contributed by atoms with Crippen molar-refractivity contribution in [2.75, 3.05) is 0 Å². The van der Waals surface area contributed by atoms with Crippen LogP contribution in [-0.4, -0.2) is 47.8 Å². The Kier molecular flexibility index (Phi) is 9.77. The van der Waals surface area contributed by atoms with Crippen molar-refractivity contribution in [3.8, 4) is 0 Å². The maximum Gasteiger partial charge on any atom is 0.405 e. The van der Waals surface area contributed by atoms with Gasteiger partial charge in [0.25, 0.3) is 0 Å². The van der Waals surface area contributed by atoms with Gasteiger partial charge in [0.15, 0.2) is 0 Å². The maximum atomic E-state index is 12.4. The van der Waals surface area contributed by atoms with Crippen LogP contribution in [0.2, 0.25) is 0 Å². The van der Waals surface area contributed by atoms with Gasteiger partial charge in [-0.1, -0.05) is 35.0 Å². The van der Waals surface area contributed by atoms with E-state index in [0.717, 1.165) is 0 Å². The molecule has 168 valence electrons. The van der Waals surface area contributed by atoms with Gasteiger partial charge < -0.3 is 14.5 Å². The fourth-order valence-electron chi connectivity index (χ4n) is 1.87. The normalized spacial score (nSPS) is 13.8. The van der Waals surface area contributed by atoms with Crippen molar-refractivity contribution in [3.63, 3.8) is 0 Å². The van der Waals surface area contributed by atoms with E-state index in [1.54, 1.807) is 20.8 Å². The number of carbonyl (C=O) groups is 3. The van der Waals surface area contributed by atoms with Crippen LogP contribution in [0.5, 0.6) is 0 Å². The molecule has 3 atom stereocenters. The van der Waals surface area contributed by atoms with Gasteiger partial charge in [-0.15, -0.1) is 0 Å². The Bertz CT molecular complexity index is 824. The van der Waals surface area contributed by atoms with Crippen LogP contribution in [0.4, 0.5) is 0 Å². The molecule has 15 heteroatoms. The van der Waals surface area contributed by atoms with Crippen LogP contribution in [0.25, 0.3) is 0 Å². The van der Waals surface area contributed by atoms with Crippen LogP contribution < -0.4 is 31.6 Å². The zero-order valence-electron chi connectivity index (χ0n) is 16.2. The predicted molar refractivity (Wildman–Crippen MR) is 113 cm³/mol. The van der Waals surface area contributed by atoms with Gasteiger partial charge in [0.05, 0.1) is 19.3 Å². The average molecular weight is 484 g/mol. The number of thiol groups is 3. The van der Waals surface area contributed by atoms with Gasteiger partial charge in [-0.25, -0.2) is 28.8 Å². The molecule has 12 nitrogen and oxygen atoms in total. The topological polar surface area (TPSA) is 145 Å². The van der Waals surface area contributed by atoms with Crippen molar-refractivity contribution in [1.29, 1.82) is 0 Å². The summed E-state index contributed by atoms with van der Waals surface area (Å²) in [5.74, 6) is -3.17. The highest BCUT2D eigenvalue weighted by atomic mass is 32.1. The molecular formula is C15H21N3O9S3. The molecule has 1 aromatic heterocycles. The lowest BCUT2D eigenvalue weighted by Crippen LogP contribution is -2.61. The fourth-order valence-corrected chi connectivity index (χ4v) is 2.32. The van der Waals surface area contributed by atoms with Gasteiger partial charge in [0.1, 0.15) is 0 Å². The summed E-state index contributed by atoms with van der Waals surface area (Å²) < 4.78 is -0.516. The first-order chi connectivity index (χ1) is 13.8. The lowest BCUT2D eigenvalue weighted by atomic mass is 10.3. The number of hydrogen-bond donors (Lipinski definition) is 3. The highest BCUT2D eigenvalue weighted by Gasteiger charge is 2.25. The van der Waals surface area contributed by atoms with Gasteiger partial charge >= 0.3 is 35.0 Å². The third-order valence-electron chi connectivity index (χ3n) is 3.01. The van der Waals surface area contributed by atoms with Gasteiger partial charge in [0, 0.05) is 15.7 Å². The van der Waals surface area contributed by atoms with Crippen molar-refractivity contribution in [2.45, 2.75) is 55.8 Å². The number of carbonyl (C=O) groups excluding carboxylic acids is 3. The van der Waals surface area contributed by atoms with E-state index in [0.29, 0.717) is 0 Å². The first-order valence-electron chi connectivity index (χ1n) is 8.52. The Labute approximate surface area is 186 Å². The molecule has 1 heterocycles. The van der Waals surface area contributed by atoms with Crippen molar-refractivity contribution in [3.05, 3.63) is 31.5 Å². The van der Waals surface area contributed by atoms with E-state index < -0.39 is 50.7 Å². The van der Waals surface area contributed by atoms with Crippen LogP contribution in [0.3, 0.4) is 0 Å². The quantitative estimate of drug-likeness (QED) is 0.345. The van der Waals surface area contributed by atoms with Gasteiger partial charge in [-0.2, -0.15) is 37.9 Å². The zero-order valence-corrected chi connectivity index (χ0v) is 18.9. The summed E-state index contributed by atoms with van der Waals surface area (Å²) in [6.45, 7) is 4.65. The van der Waals surface area contributed by atoms with E-state index in [2.05, 4.69) is 52.4 Å². The predicted octanol–water partition coefficient (Wildman–Crippen LogP) is -1.84. The molecule has 0 bridgehead atoms. The summed E-state index contributed by atoms with van der Waals surface area (Å²) in [6, 6.07) is 0. The molecule has 3 unspecified atom stereocenters. The van der Waals surface area contributed by atoms with E-state index in [1.807, 2.05) is 0 Å². The van der Waals surface area contributed by atoms with Crippen molar-refractivity contribution in [1.82, 2.24) is 14.2 Å². The molecule has 1 rings (SSSR count). The minimum Gasteiger partial charge on any atom is -0.327 e. The lowest BCUT2D eigenvalue weighted by molar-refractivity contribution is -0.152. The van der Waals surface area contributed by atoms with E-state index in [4.69, 9.17) is 0 Å². The molecule has 0 aliphatic rings. The van der Waals surface area contributed by atoms with Crippen molar-refractivity contribution < 1.29 is 28.9 Å². The van der Waals surface area contributed by atoms with Crippen LogP contribution in [0.15, 0.2) is 14.4 Å². The number of nitrogens with zero attached hydrogens (tertiary/aromatic N) is 3. The molecule has 0 spiro atoms. The highest BCUT2D eigenvalue weighted by Crippen LogP contribution is 2.00. The maximum absolute atomic E-state index is 12.4. The second-order valence-corrected chi connectivity index (χ2v) is 8.92. The molecule has 0 fully saturated rings. The molecule has 0 aliphatic carbocycles. The second kappa shape index (κ2) is 11.3. The molecule has 0 saturated heterocycles. The first-order valence-corrected chi connectivity index (χ1v) is 10.1. The first kappa shape index (κ1) is 25.9. The molecule has 0 aliphatic heterocycles. The molecule has 1 aromatic rings.